The number of rotatable bonds is 2. The first kappa shape index (κ1) is 7.96. The highest BCUT2D eigenvalue weighted by Gasteiger charge is 2.11. The maximum atomic E-state index is 2.38. The van der Waals surface area contributed by atoms with Crippen LogP contribution in [0.25, 0.3) is 0 Å². The maximum absolute atomic E-state index is 2.38. The molecule has 0 fully saturated rings. The van der Waals surface area contributed by atoms with Crippen LogP contribution in [0.5, 0.6) is 0 Å². The van der Waals surface area contributed by atoms with E-state index < -0.39 is 8.07 Å². The van der Waals surface area contributed by atoms with Crippen LogP contribution in [0.4, 0.5) is 0 Å². The molecule has 0 heterocycles. The molecule has 0 spiro atoms. The van der Waals surface area contributed by atoms with Gasteiger partial charge in [-0.15, -0.1) is 0 Å². The summed E-state index contributed by atoms with van der Waals surface area (Å²) in [5.74, 6) is 0. The summed E-state index contributed by atoms with van der Waals surface area (Å²) in [6, 6.07) is 1.36. The van der Waals surface area contributed by atoms with Crippen LogP contribution < -0.4 is 0 Å². The second-order valence-electron chi connectivity index (χ2n) is 2.84. The highest BCUT2D eigenvalue weighted by Crippen LogP contribution is 2.08. The van der Waals surface area contributed by atoms with E-state index in [-0.39, 0.29) is 0 Å². The lowest BCUT2D eigenvalue weighted by atomic mass is 10.8. The van der Waals surface area contributed by atoms with Gasteiger partial charge >= 0.3 is 0 Å². The molecular formula is C7H16Si. The molecule has 0 aliphatic rings. The van der Waals surface area contributed by atoms with Gasteiger partial charge in [0.1, 0.15) is 0 Å². The molecule has 0 aliphatic carbocycles. The van der Waals surface area contributed by atoms with Gasteiger partial charge in [-0.2, -0.15) is 0 Å². The molecule has 0 N–H and O–H groups in total. The van der Waals surface area contributed by atoms with Crippen LogP contribution in [0.1, 0.15) is 13.8 Å². The van der Waals surface area contributed by atoms with E-state index >= 15 is 0 Å². The van der Waals surface area contributed by atoms with Crippen molar-refractivity contribution in [2.75, 3.05) is 0 Å². The first-order valence-electron chi connectivity index (χ1n) is 3.26. The molecule has 0 rings (SSSR count). The van der Waals surface area contributed by atoms with Gasteiger partial charge in [0.05, 0.1) is 8.07 Å². The van der Waals surface area contributed by atoms with Gasteiger partial charge in [-0.1, -0.05) is 37.8 Å². The minimum Gasteiger partial charge on any atom is -0.0989 e. The van der Waals surface area contributed by atoms with E-state index in [1.807, 2.05) is 0 Å². The molecule has 0 amide bonds. The molecule has 0 bridgehead atoms. The maximum Gasteiger partial charge on any atom is 0.0710 e. The van der Waals surface area contributed by atoms with Gasteiger partial charge in [-0.05, 0) is 6.92 Å². The van der Waals surface area contributed by atoms with E-state index in [1.54, 1.807) is 0 Å². The van der Waals surface area contributed by atoms with Crippen LogP contribution >= 0.6 is 0 Å². The molecule has 0 aliphatic heterocycles. The Hall–Kier alpha value is -0.0431. The summed E-state index contributed by atoms with van der Waals surface area (Å²) in [5, 5.41) is 0. The van der Waals surface area contributed by atoms with Crippen LogP contribution in [0.15, 0.2) is 11.8 Å². The molecule has 48 valence electrons. The van der Waals surface area contributed by atoms with Crippen molar-refractivity contribution in [1.29, 1.82) is 0 Å². The van der Waals surface area contributed by atoms with Crippen LogP contribution in [0.3, 0.4) is 0 Å². The largest absolute Gasteiger partial charge is 0.0989 e. The first-order chi connectivity index (χ1) is 3.62. The summed E-state index contributed by atoms with van der Waals surface area (Å²) in [7, 11) is -0.858. The summed E-state index contributed by atoms with van der Waals surface area (Å²) in [6.45, 7) is 9.14. The molecular weight excluding hydrogens is 112 g/mol. The molecule has 0 saturated carbocycles. The molecule has 8 heavy (non-hydrogen) atoms. The van der Waals surface area contributed by atoms with Gasteiger partial charge in [0.15, 0.2) is 0 Å². The monoisotopic (exact) mass is 128 g/mol. The third kappa shape index (κ3) is 3.02. The van der Waals surface area contributed by atoms with E-state index in [0.29, 0.717) is 0 Å². The van der Waals surface area contributed by atoms with Crippen molar-refractivity contribution in [3.63, 3.8) is 0 Å². The zero-order valence-corrected chi connectivity index (χ0v) is 7.36. The van der Waals surface area contributed by atoms with Crippen LogP contribution in [0, 0.1) is 0 Å². The van der Waals surface area contributed by atoms with E-state index in [0.717, 1.165) is 0 Å². The van der Waals surface area contributed by atoms with Crippen LogP contribution in [0.2, 0.25) is 19.1 Å². The van der Waals surface area contributed by atoms with Crippen molar-refractivity contribution in [3.05, 3.63) is 11.8 Å². The zero-order chi connectivity index (χ0) is 6.62. The second kappa shape index (κ2) is 3.08. The number of hydrogen-bond donors (Lipinski definition) is 0. The fraction of sp³-hybridized carbons (Fsp3) is 0.714. The van der Waals surface area contributed by atoms with Gasteiger partial charge in [-0.3, -0.25) is 0 Å². The highest BCUT2D eigenvalue weighted by atomic mass is 28.3. The van der Waals surface area contributed by atoms with Crippen molar-refractivity contribution in [2.24, 2.45) is 0 Å². The smallest absolute Gasteiger partial charge is 0.0710 e. The predicted molar refractivity (Wildman–Crippen MR) is 42.8 cm³/mol. The standard InChI is InChI=1S/C7H16Si/c1-5-7-8(3,4)6-2/h5,7H,6H2,1-4H3/b7-5-. The Morgan fingerprint density at radius 2 is 1.88 bits per heavy atom. The molecule has 0 aromatic heterocycles. The Balaban J connectivity index is 3.71. The quantitative estimate of drug-likeness (QED) is 0.502. The van der Waals surface area contributed by atoms with Crippen LogP contribution in [-0.4, -0.2) is 8.07 Å². The van der Waals surface area contributed by atoms with Crippen molar-refractivity contribution in [2.45, 2.75) is 33.0 Å². The van der Waals surface area contributed by atoms with Crippen molar-refractivity contribution in [1.82, 2.24) is 0 Å². The van der Waals surface area contributed by atoms with Gasteiger partial charge in [0.2, 0.25) is 0 Å². The second-order valence-corrected chi connectivity index (χ2v) is 7.86. The van der Waals surface area contributed by atoms with Crippen molar-refractivity contribution in [3.8, 4) is 0 Å². The normalized spacial score (nSPS) is 13.0. The van der Waals surface area contributed by atoms with E-state index in [9.17, 15) is 0 Å². The Labute approximate surface area is 53.6 Å². The van der Waals surface area contributed by atoms with E-state index in [4.69, 9.17) is 0 Å². The van der Waals surface area contributed by atoms with Gasteiger partial charge in [-0.25, -0.2) is 0 Å². The van der Waals surface area contributed by atoms with Crippen molar-refractivity contribution < 1.29 is 0 Å². The number of hydrogen-bond acceptors (Lipinski definition) is 0. The lowest BCUT2D eigenvalue weighted by molar-refractivity contribution is 1.37. The topological polar surface area (TPSA) is 0 Å². The molecule has 0 unspecified atom stereocenters. The summed E-state index contributed by atoms with van der Waals surface area (Å²) in [6.07, 6.45) is 2.18. The Morgan fingerprint density at radius 3 is 2.00 bits per heavy atom. The molecule has 0 aromatic rings. The summed E-state index contributed by atoms with van der Waals surface area (Å²) >= 11 is 0. The third-order valence-electron chi connectivity index (χ3n) is 1.53. The minimum absolute atomic E-state index is 0.858. The highest BCUT2D eigenvalue weighted by molar-refractivity contribution is 6.82. The molecule has 0 saturated heterocycles. The van der Waals surface area contributed by atoms with E-state index in [1.165, 1.54) is 6.04 Å². The first-order valence-corrected chi connectivity index (χ1v) is 6.54. The molecule has 1 heteroatoms. The Kier molecular flexibility index (Phi) is 3.06. The Bertz CT molecular complexity index is 82.4. The molecule has 0 nitrogen and oxygen atoms in total. The zero-order valence-electron chi connectivity index (χ0n) is 6.36. The third-order valence-corrected chi connectivity index (χ3v) is 4.59. The summed E-state index contributed by atoms with van der Waals surface area (Å²) in [5.41, 5.74) is 2.38. The van der Waals surface area contributed by atoms with Gasteiger partial charge in [0, 0.05) is 0 Å². The molecule has 0 atom stereocenters. The fourth-order valence-electron chi connectivity index (χ4n) is 0.569. The summed E-state index contributed by atoms with van der Waals surface area (Å²) in [4.78, 5) is 0. The van der Waals surface area contributed by atoms with E-state index in [2.05, 4.69) is 38.7 Å². The van der Waals surface area contributed by atoms with Crippen LogP contribution in [-0.2, 0) is 0 Å². The van der Waals surface area contributed by atoms with Crippen molar-refractivity contribution >= 4 is 8.07 Å². The average Bonchev–Trinajstić information content (AvgIpc) is 1.67. The summed E-state index contributed by atoms with van der Waals surface area (Å²) < 4.78 is 0. The Morgan fingerprint density at radius 1 is 1.38 bits per heavy atom. The SMILES string of the molecule is C/C=C\[Si](C)(C)CC. The molecule has 0 radical (unpaired) electrons. The average molecular weight is 128 g/mol. The number of allylic oxidation sites excluding steroid dienone is 1. The van der Waals surface area contributed by atoms with Gasteiger partial charge < -0.3 is 0 Å². The lowest BCUT2D eigenvalue weighted by Crippen LogP contribution is -2.19. The minimum atomic E-state index is -0.858. The van der Waals surface area contributed by atoms with Gasteiger partial charge in [0.25, 0.3) is 0 Å². The molecule has 0 aromatic carbocycles. The predicted octanol–water partition coefficient (Wildman–Crippen LogP) is 2.83. The fourth-order valence-corrected chi connectivity index (χ4v) is 1.71. The lowest BCUT2D eigenvalue weighted by Gasteiger charge is -2.12.